The number of pyridine rings is 1. The summed E-state index contributed by atoms with van der Waals surface area (Å²) in [7, 11) is -7.35. The summed E-state index contributed by atoms with van der Waals surface area (Å²) in [6.07, 6.45) is 3.29. The fraction of sp³-hybridized carbons (Fsp3) is 0.353. The van der Waals surface area contributed by atoms with E-state index in [1.54, 1.807) is 31.3 Å². The van der Waals surface area contributed by atoms with Crippen molar-refractivity contribution in [3.63, 3.8) is 0 Å². The highest BCUT2D eigenvalue weighted by molar-refractivity contribution is 7.89. The Morgan fingerprint density at radius 2 is 1.58 bits per heavy atom. The number of hydrogen-bond acceptors (Lipinski definition) is 5. The quantitative estimate of drug-likeness (QED) is 0.806. The van der Waals surface area contributed by atoms with Gasteiger partial charge in [0.25, 0.3) is 0 Å². The van der Waals surface area contributed by atoms with Crippen molar-refractivity contribution in [3.8, 4) is 0 Å². The van der Waals surface area contributed by atoms with Gasteiger partial charge in [-0.05, 0) is 56.2 Å². The molecule has 1 N–H and O–H groups in total. The van der Waals surface area contributed by atoms with Crippen LogP contribution < -0.4 is 4.72 Å². The number of nitrogens with zero attached hydrogens (tertiary/aromatic N) is 2. The van der Waals surface area contributed by atoms with Crippen LogP contribution in [0.5, 0.6) is 0 Å². The summed E-state index contributed by atoms with van der Waals surface area (Å²) >= 11 is 0. The maximum Gasteiger partial charge on any atom is 0.243 e. The predicted octanol–water partition coefficient (Wildman–Crippen LogP) is 1.91. The van der Waals surface area contributed by atoms with E-state index in [1.165, 1.54) is 28.6 Å². The summed E-state index contributed by atoms with van der Waals surface area (Å²) in [6.45, 7) is 2.71. The lowest BCUT2D eigenvalue weighted by molar-refractivity contribution is 0.477. The summed E-state index contributed by atoms with van der Waals surface area (Å²) < 4.78 is 54.1. The van der Waals surface area contributed by atoms with Crippen molar-refractivity contribution < 1.29 is 16.8 Å². The molecular weight excluding hydrogens is 374 g/mol. The third-order valence-corrected chi connectivity index (χ3v) is 7.77. The van der Waals surface area contributed by atoms with Gasteiger partial charge in [0.2, 0.25) is 20.0 Å². The number of sulfonamides is 2. The Bertz CT molecular complexity index is 953. The highest BCUT2D eigenvalue weighted by atomic mass is 32.2. The first-order valence-electron chi connectivity index (χ1n) is 8.34. The minimum Gasteiger partial charge on any atom is -0.260 e. The third kappa shape index (κ3) is 3.96. The van der Waals surface area contributed by atoms with E-state index in [0.717, 1.165) is 12.8 Å². The zero-order chi connectivity index (χ0) is 18.8. The number of aromatic nitrogens is 1. The molecule has 1 aromatic heterocycles. The molecule has 0 radical (unpaired) electrons. The molecule has 2 aromatic rings. The highest BCUT2D eigenvalue weighted by Gasteiger charge is 2.27. The molecular formula is C17H21N3O4S2. The molecule has 140 valence electrons. The van der Waals surface area contributed by atoms with Crippen LogP contribution in [0.15, 0.2) is 58.5 Å². The van der Waals surface area contributed by atoms with Crippen LogP contribution in [-0.4, -0.2) is 39.2 Å². The maximum atomic E-state index is 12.5. The molecule has 0 saturated carbocycles. The maximum absolute atomic E-state index is 12.5. The second kappa shape index (κ2) is 7.43. The van der Waals surface area contributed by atoms with Crippen molar-refractivity contribution >= 4 is 20.0 Å². The van der Waals surface area contributed by atoms with E-state index in [4.69, 9.17) is 0 Å². The van der Waals surface area contributed by atoms with Crippen molar-refractivity contribution in [2.24, 2.45) is 0 Å². The lowest BCUT2D eigenvalue weighted by atomic mass is 10.2. The largest absolute Gasteiger partial charge is 0.260 e. The number of benzene rings is 1. The third-order valence-electron chi connectivity index (χ3n) is 4.30. The molecule has 1 aliphatic heterocycles. The van der Waals surface area contributed by atoms with Gasteiger partial charge in [-0.25, -0.2) is 21.6 Å². The second-order valence-electron chi connectivity index (χ2n) is 6.18. The molecule has 0 bridgehead atoms. The van der Waals surface area contributed by atoms with Crippen molar-refractivity contribution in [2.45, 2.75) is 35.6 Å². The van der Waals surface area contributed by atoms with E-state index in [0.29, 0.717) is 18.8 Å². The Morgan fingerprint density at radius 1 is 0.962 bits per heavy atom. The van der Waals surface area contributed by atoms with Gasteiger partial charge < -0.3 is 0 Å². The molecule has 0 spiro atoms. The van der Waals surface area contributed by atoms with Crippen LogP contribution in [0, 0.1) is 0 Å². The molecule has 7 nitrogen and oxygen atoms in total. The number of hydrogen-bond donors (Lipinski definition) is 1. The van der Waals surface area contributed by atoms with Gasteiger partial charge in [0.1, 0.15) is 0 Å². The molecule has 26 heavy (non-hydrogen) atoms. The lowest BCUT2D eigenvalue weighted by Gasteiger charge is -2.16. The van der Waals surface area contributed by atoms with Crippen LogP contribution in [0.25, 0.3) is 0 Å². The van der Waals surface area contributed by atoms with Gasteiger partial charge >= 0.3 is 0 Å². The van der Waals surface area contributed by atoms with Crippen LogP contribution in [0.4, 0.5) is 0 Å². The lowest BCUT2D eigenvalue weighted by Crippen LogP contribution is -2.28. The van der Waals surface area contributed by atoms with E-state index in [9.17, 15) is 16.8 Å². The Kier molecular flexibility index (Phi) is 5.42. The zero-order valence-corrected chi connectivity index (χ0v) is 16.0. The average molecular weight is 396 g/mol. The number of rotatable bonds is 6. The number of nitrogens with one attached hydrogen (secondary N) is 1. The summed E-state index contributed by atoms with van der Waals surface area (Å²) in [5.41, 5.74) is 0.601. The van der Waals surface area contributed by atoms with Crippen LogP contribution >= 0.6 is 0 Å². The molecule has 1 unspecified atom stereocenters. The highest BCUT2D eigenvalue weighted by Crippen LogP contribution is 2.23. The van der Waals surface area contributed by atoms with Crippen LogP contribution in [-0.2, 0) is 20.0 Å². The minimum atomic E-state index is -3.79. The fourth-order valence-corrected chi connectivity index (χ4v) is 5.60. The van der Waals surface area contributed by atoms with Gasteiger partial charge in [0.05, 0.1) is 21.5 Å². The normalized spacial score (nSPS) is 17.3. The van der Waals surface area contributed by atoms with Crippen LogP contribution in [0.2, 0.25) is 0 Å². The summed E-state index contributed by atoms with van der Waals surface area (Å²) in [5.74, 6) is 0. The SMILES string of the molecule is CC(NS(=O)(=O)c1ccc(S(=O)(=O)N2CCCC2)cc1)c1ccccn1. The zero-order valence-electron chi connectivity index (χ0n) is 14.4. The Hall–Kier alpha value is -1.81. The van der Waals surface area contributed by atoms with E-state index >= 15 is 0 Å². The van der Waals surface area contributed by atoms with Crippen molar-refractivity contribution in [1.29, 1.82) is 0 Å². The van der Waals surface area contributed by atoms with Gasteiger partial charge in [-0.15, -0.1) is 0 Å². The molecule has 9 heteroatoms. The van der Waals surface area contributed by atoms with Gasteiger partial charge in [-0.3, -0.25) is 4.98 Å². The minimum absolute atomic E-state index is 0.0145. The van der Waals surface area contributed by atoms with E-state index in [1.807, 2.05) is 0 Å². The molecule has 3 rings (SSSR count). The van der Waals surface area contributed by atoms with E-state index in [-0.39, 0.29) is 9.79 Å². The Labute approximate surface area is 154 Å². The van der Waals surface area contributed by atoms with Crippen LogP contribution in [0.3, 0.4) is 0 Å². The molecule has 1 atom stereocenters. The smallest absolute Gasteiger partial charge is 0.243 e. The Balaban J connectivity index is 1.79. The first-order chi connectivity index (χ1) is 12.3. The molecule has 0 aliphatic carbocycles. The van der Waals surface area contributed by atoms with Crippen molar-refractivity contribution in [2.75, 3.05) is 13.1 Å². The van der Waals surface area contributed by atoms with Crippen LogP contribution in [0.1, 0.15) is 31.5 Å². The fourth-order valence-electron chi connectivity index (χ4n) is 2.86. The van der Waals surface area contributed by atoms with Gasteiger partial charge in [0, 0.05) is 19.3 Å². The Morgan fingerprint density at radius 3 is 2.15 bits per heavy atom. The second-order valence-corrected chi connectivity index (χ2v) is 9.83. The molecule has 2 heterocycles. The monoisotopic (exact) mass is 395 g/mol. The molecule has 0 amide bonds. The first-order valence-corrected chi connectivity index (χ1v) is 11.3. The topological polar surface area (TPSA) is 96.4 Å². The van der Waals surface area contributed by atoms with Gasteiger partial charge in [-0.1, -0.05) is 6.07 Å². The molecule has 1 aromatic carbocycles. The average Bonchev–Trinajstić information content (AvgIpc) is 3.18. The predicted molar refractivity (Wildman–Crippen MR) is 97.4 cm³/mol. The van der Waals surface area contributed by atoms with Crippen molar-refractivity contribution in [1.82, 2.24) is 14.0 Å². The molecule has 1 fully saturated rings. The summed E-state index contributed by atoms with van der Waals surface area (Å²) in [5, 5.41) is 0. The summed E-state index contributed by atoms with van der Waals surface area (Å²) in [6, 6.07) is 10.1. The molecule has 1 saturated heterocycles. The molecule has 1 aliphatic rings. The summed E-state index contributed by atoms with van der Waals surface area (Å²) in [4.78, 5) is 4.26. The van der Waals surface area contributed by atoms with Gasteiger partial charge in [-0.2, -0.15) is 4.31 Å². The van der Waals surface area contributed by atoms with E-state index < -0.39 is 26.1 Å². The van der Waals surface area contributed by atoms with E-state index in [2.05, 4.69) is 9.71 Å². The standard InChI is InChI=1S/C17H21N3O4S2/c1-14(17-6-2-3-11-18-17)19-25(21,22)15-7-9-16(10-8-15)26(23,24)20-12-4-5-13-20/h2-3,6-11,14,19H,4-5,12-13H2,1H3. The first kappa shape index (κ1) is 19.0. The van der Waals surface area contributed by atoms with Gasteiger partial charge in [0.15, 0.2) is 0 Å². The van der Waals surface area contributed by atoms with Crippen molar-refractivity contribution in [3.05, 3.63) is 54.4 Å².